The van der Waals surface area contributed by atoms with Crippen LogP contribution in [0.15, 0.2) is 22.7 Å². The monoisotopic (exact) mass is 391 g/mol. The van der Waals surface area contributed by atoms with Gasteiger partial charge in [-0.25, -0.2) is 13.6 Å². The van der Waals surface area contributed by atoms with E-state index in [1.54, 1.807) is 0 Å². The molecule has 5 nitrogen and oxygen atoms in total. The van der Waals surface area contributed by atoms with Crippen LogP contribution in [-0.2, 0) is 12.8 Å². The zero-order valence-corrected chi connectivity index (χ0v) is 16.4. The highest BCUT2D eigenvalue weighted by Crippen LogP contribution is 2.23. The van der Waals surface area contributed by atoms with Crippen molar-refractivity contribution in [2.45, 2.75) is 46.0 Å². The molecule has 2 aromatic rings. The smallest absolute Gasteiger partial charge is 0.317 e. The number of urea groups is 1. The van der Waals surface area contributed by atoms with Crippen molar-refractivity contribution in [3.8, 4) is 0 Å². The molecule has 0 unspecified atom stereocenters. The van der Waals surface area contributed by atoms with E-state index in [1.807, 2.05) is 18.7 Å². The molecule has 0 radical (unpaired) electrons. The number of benzene rings is 1. The molecular weight excluding hydrogens is 364 g/mol. The fraction of sp³-hybridized carbons (Fsp3) is 0.524. The molecule has 1 aliphatic heterocycles. The van der Waals surface area contributed by atoms with Crippen LogP contribution in [-0.4, -0.2) is 35.7 Å². The van der Waals surface area contributed by atoms with Crippen molar-refractivity contribution in [2.24, 2.45) is 5.92 Å². The van der Waals surface area contributed by atoms with Crippen LogP contribution in [0.4, 0.5) is 13.6 Å². The molecule has 3 rings (SSSR count). The predicted octanol–water partition coefficient (Wildman–Crippen LogP) is 4.17. The maximum absolute atomic E-state index is 13.7. The molecular formula is C21H27F2N3O2. The first-order valence-electron chi connectivity index (χ1n) is 9.82. The number of carbonyl (C=O) groups excluding carboxylic acids is 1. The van der Waals surface area contributed by atoms with E-state index in [0.29, 0.717) is 44.0 Å². The van der Waals surface area contributed by atoms with Gasteiger partial charge >= 0.3 is 6.03 Å². The summed E-state index contributed by atoms with van der Waals surface area (Å²) in [6, 6.07) is 3.71. The van der Waals surface area contributed by atoms with Crippen molar-refractivity contribution < 1.29 is 18.1 Å². The lowest BCUT2D eigenvalue weighted by Gasteiger charge is -2.32. The Morgan fingerprint density at radius 3 is 2.64 bits per heavy atom. The lowest BCUT2D eigenvalue weighted by Crippen LogP contribution is -2.45. The molecule has 1 aromatic carbocycles. The van der Waals surface area contributed by atoms with Crippen molar-refractivity contribution in [3.05, 3.63) is 52.4 Å². The molecule has 7 heteroatoms. The van der Waals surface area contributed by atoms with Gasteiger partial charge in [0.2, 0.25) is 0 Å². The summed E-state index contributed by atoms with van der Waals surface area (Å²) in [5, 5.41) is 6.88. The number of rotatable bonds is 6. The Morgan fingerprint density at radius 2 is 2.00 bits per heavy atom. The van der Waals surface area contributed by atoms with E-state index in [-0.39, 0.29) is 6.03 Å². The van der Waals surface area contributed by atoms with Gasteiger partial charge in [0.25, 0.3) is 0 Å². The lowest BCUT2D eigenvalue weighted by atomic mass is 9.90. The fourth-order valence-corrected chi connectivity index (χ4v) is 3.77. The van der Waals surface area contributed by atoms with Crippen LogP contribution >= 0.6 is 0 Å². The van der Waals surface area contributed by atoms with Gasteiger partial charge in [0, 0.05) is 31.3 Å². The number of likely N-dealkylation sites (tertiary alicyclic amines) is 1. The van der Waals surface area contributed by atoms with E-state index in [0.717, 1.165) is 42.3 Å². The van der Waals surface area contributed by atoms with Gasteiger partial charge in [-0.1, -0.05) is 11.2 Å². The second-order valence-electron chi connectivity index (χ2n) is 7.49. The fourth-order valence-electron chi connectivity index (χ4n) is 3.77. The van der Waals surface area contributed by atoms with Gasteiger partial charge in [0.05, 0.1) is 5.69 Å². The third kappa shape index (κ3) is 5.09. The van der Waals surface area contributed by atoms with Gasteiger partial charge in [0.1, 0.15) is 17.4 Å². The van der Waals surface area contributed by atoms with E-state index in [4.69, 9.17) is 4.52 Å². The van der Waals surface area contributed by atoms with Gasteiger partial charge < -0.3 is 14.7 Å². The van der Waals surface area contributed by atoms with Gasteiger partial charge in [-0.05, 0) is 63.5 Å². The number of carbonyl (C=O) groups is 1. The molecule has 1 fully saturated rings. The summed E-state index contributed by atoms with van der Waals surface area (Å²) in [6.45, 7) is 5.73. The highest BCUT2D eigenvalue weighted by Gasteiger charge is 2.23. The van der Waals surface area contributed by atoms with Crippen molar-refractivity contribution in [2.75, 3.05) is 19.6 Å². The van der Waals surface area contributed by atoms with E-state index in [2.05, 4.69) is 10.5 Å². The Labute approximate surface area is 164 Å². The number of amides is 2. The largest absolute Gasteiger partial charge is 0.361 e. The molecule has 0 spiro atoms. The molecule has 2 heterocycles. The molecule has 0 bridgehead atoms. The minimum atomic E-state index is -0.546. The molecule has 152 valence electrons. The summed E-state index contributed by atoms with van der Waals surface area (Å²) in [5.41, 5.74) is 2.47. The molecule has 28 heavy (non-hydrogen) atoms. The van der Waals surface area contributed by atoms with E-state index in [9.17, 15) is 13.6 Å². The second kappa shape index (κ2) is 9.17. The van der Waals surface area contributed by atoms with E-state index < -0.39 is 11.6 Å². The Hall–Kier alpha value is -2.44. The number of halogens is 2. The summed E-state index contributed by atoms with van der Waals surface area (Å²) in [5.74, 6) is 0.228. The lowest BCUT2D eigenvalue weighted by molar-refractivity contribution is 0.168. The normalized spacial score (nSPS) is 15.1. The maximum atomic E-state index is 13.7. The average Bonchev–Trinajstić information content (AvgIpc) is 2.99. The number of nitrogens with one attached hydrogen (secondary N) is 1. The molecule has 1 N–H and O–H groups in total. The van der Waals surface area contributed by atoms with Crippen LogP contribution in [0.5, 0.6) is 0 Å². The third-order valence-electron chi connectivity index (χ3n) is 5.57. The van der Waals surface area contributed by atoms with Crippen molar-refractivity contribution in [1.82, 2.24) is 15.4 Å². The van der Waals surface area contributed by atoms with Crippen LogP contribution in [0.3, 0.4) is 0 Å². The summed E-state index contributed by atoms with van der Waals surface area (Å²) < 4.78 is 31.8. The standard InChI is InChI=1S/C21H27F2N3O2/c1-14-19(15(2)28-25-14)7-10-24-21(27)26-11-8-16(9-12-26)3-4-17-5-6-18(22)13-20(17)23/h5-6,13,16H,3-4,7-12H2,1-2H3,(H,24,27). The predicted molar refractivity (Wildman–Crippen MR) is 102 cm³/mol. The molecule has 2 amide bonds. The topological polar surface area (TPSA) is 58.4 Å². The Bertz CT molecular complexity index is 794. The van der Waals surface area contributed by atoms with Crippen LogP contribution in [0.1, 0.15) is 41.8 Å². The Balaban J connectivity index is 1.38. The second-order valence-corrected chi connectivity index (χ2v) is 7.49. The number of piperidine rings is 1. The first-order chi connectivity index (χ1) is 13.4. The van der Waals surface area contributed by atoms with Crippen LogP contribution in [0.25, 0.3) is 0 Å². The van der Waals surface area contributed by atoms with Crippen LogP contribution < -0.4 is 5.32 Å². The molecule has 1 aliphatic rings. The van der Waals surface area contributed by atoms with Gasteiger partial charge in [0.15, 0.2) is 0 Å². The molecule has 1 saturated heterocycles. The Morgan fingerprint density at radius 1 is 1.25 bits per heavy atom. The van der Waals surface area contributed by atoms with Gasteiger partial charge in [-0.15, -0.1) is 0 Å². The molecule has 0 saturated carbocycles. The zero-order chi connectivity index (χ0) is 20.1. The summed E-state index contributed by atoms with van der Waals surface area (Å²) in [4.78, 5) is 14.2. The van der Waals surface area contributed by atoms with Crippen LogP contribution in [0, 0.1) is 31.4 Å². The number of hydrogen-bond acceptors (Lipinski definition) is 3. The number of aromatic nitrogens is 1. The zero-order valence-electron chi connectivity index (χ0n) is 16.4. The summed E-state index contributed by atoms with van der Waals surface area (Å²) in [6.07, 6.45) is 3.96. The van der Waals surface area contributed by atoms with Gasteiger partial charge in [-0.2, -0.15) is 0 Å². The Kier molecular flexibility index (Phi) is 6.65. The summed E-state index contributed by atoms with van der Waals surface area (Å²) >= 11 is 0. The minimum Gasteiger partial charge on any atom is -0.361 e. The van der Waals surface area contributed by atoms with Crippen molar-refractivity contribution in [1.29, 1.82) is 0 Å². The first kappa shape index (κ1) is 20.3. The highest BCUT2D eigenvalue weighted by atomic mass is 19.1. The third-order valence-corrected chi connectivity index (χ3v) is 5.57. The van der Waals surface area contributed by atoms with Gasteiger partial charge in [-0.3, -0.25) is 0 Å². The van der Waals surface area contributed by atoms with Crippen molar-refractivity contribution >= 4 is 6.03 Å². The quantitative estimate of drug-likeness (QED) is 0.804. The average molecular weight is 391 g/mol. The SMILES string of the molecule is Cc1noc(C)c1CCNC(=O)N1CCC(CCc2ccc(F)cc2F)CC1. The molecule has 1 aromatic heterocycles. The van der Waals surface area contributed by atoms with Crippen LogP contribution in [0.2, 0.25) is 0 Å². The highest BCUT2D eigenvalue weighted by molar-refractivity contribution is 5.74. The molecule has 0 atom stereocenters. The summed E-state index contributed by atoms with van der Waals surface area (Å²) in [7, 11) is 0. The molecule has 0 aliphatic carbocycles. The number of hydrogen-bond donors (Lipinski definition) is 1. The first-order valence-corrected chi connectivity index (χ1v) is 9.82. The number of nitrogens with zero attached hydrogens (tertiary/aromatic N) is 2. The van der Waals surface area contributed by atoms with E-state index in [1.165, 1.54) is 12.1 Å². The number of aryl methyl sites for hydroxylation is 3. The maximum Gasteiger partial charge on any atom is 0.317 e. The minimum absolute atomic E-state index is 0.0465. The van der Waals surface area contributed by atoms with E-state index >= 15 is 0 Å². The van der Waals surface area contributed by atoms with Crippen molar-refractivity contribution in [3.63, 3.8) is 0 Å².